The van der Waals surface area contributed by atoms with Gasteiger partial charge in [0, 0.05) is 11.6 Å². The van der Waals surface area contributed by atoms with E-state index in [0.717, 1.165) is 11.3 Å². The van der Waals surface area contributed by atoms with Crippen molar-refractivity contribution < 1.29 is 9.53 Å². The normalized spacial score (nSPS) is 25.7. The molecule has 0 radical (unpaired) electrons. The summed E-state index contributed by atoms with van der Waals surface area (Å²) in [4.78, 5) is 12.3. The van der Waals surface area contributed by atoms with Crippen LogP contribution in [0.1, 0.15) is 35.9 Å². The van der Waals surface area contributed by atoms with Crippen LogP contribution in [0, 0.1) is 0 Å². The average molecular weight is 264 g/mol. The number of ketones is 1. The van der Waals surface area contributed by atoms with Crippen LogP contribution in [0.15, 0.2) is 35.0 Å². The Labute approximate surface area is 111 Å². The number of nitrogens with one attached hydrogen (secondary N) is 1. The summed E-state index contributed by atoms with van der Waals surface area (Å²) in [6, 6.07) is 7.71. The van der Waals surface area contributed by atoms with Gasteiger partial charge in [-0.15, -0.1) is 0 Å². The lowest BCUT2D eigenvalue weighted by Gasteiger charge is -2.13. The number of Topliss-reactive ketones (excluding diaryl/α,β-unsaturated/α-hetero) is 1. The zero-order valence-electron chi connectivity index (χ0n) is 10.2. The van der Waals surface area contributed by atoms with E-state index in [0.29, 0.717) is 5.56 Å². The third-order valence-electron chi connectivity index (χ3n) is 3.17. The van der Waals surface area contributed by atoms with Crippen molar-refractivity contribution in [3.8, 4) is 0 Å². The van der Waals surface area contributed by atoms with E-state index in [9.17, 15) is 4.79 Å². The maximum absolute atomic E-state index is 12.3. The summed E-state index contributed by atoms with van der Waals surface area (Å²) in [5.74, 6) is -0.119. The minimum absolute atomic E-state index is 0.0392. The van der Waals surface area contributed by atoms with Crippen molar-refractivity contribution in [2.24, 2.45) is 0 Å². The second-order valence-corrected chi connectivity index (χ2v) is 5.30. The van der Waals surface area contributed by atoms with Gasteiger partial charge in [-0.1, -0.05) is 35.9 Å². The number of allylic oxidation sites excluding steroid dienone is 1. The minimum Gasteiger partial charge on any atom is -0.383 e. The standard InChI is InChI=1S/C14H14ClNO2/c1-7(2)16-11-10(15)12(17)8-5-3-4-6-9(8)13-14(11)18-13/h3-7,13-14,16H,1-2H3. The van der Waals surface area contributed by atoms with Gasteiger partial charge in [0.1, 0.15) is 17.2 Å². The van der Waals surface area contributed by atoms with E-state index in [1.54, 1.807) is 6.07 Å². The van der Waals surface area contributed by atoms with Crippen LogP contribution >= 0.6 is 11.6 Å². The molecule has 1 aliphatic heterocycles. The Morgan fingerprint density at radius 3 is 2.72 bits per heavy atom. The van der Waals surface area contributed by atoms with E-state index >= 15 is 0 Å². The number of rotatable bonds is 2. The van der Waals surface area contributed by atoms with Crippen molar-refractivity contribution in [3.05, 3.63) is 46.1 Å². The molecule has 1 aliphatic carbocycles. The Kier molecular flexibility index (Phi) is 2.68. The van der Waals surface area contributed by atoms with Crippen molar-refractivity contribution in [1.29, 1.82) is 0 Å². The van der Waals surface area contributed by atoms with Gasteiger partial charge in [-0.3, -0.25) is 4.79 Å². The van der Waals surface area contributed by atoms with Crippen molar-refractivity contribution in [2.75, 3.05) is 0 Å². The van der Waals surface area contributed by atoms with Crippen molar-refractivity contribution >= 4 is 17.4 Å². The first kappa shape index (κ1) is 11.8. The number of hydrogen-bond donors (Lipinski definition) is 1. The summed E-state index contributed by atoms with van der Waals surface area (Å²) < 4.78 is 5.66. The van der Waals surface area contributed by atoms with Gasteiger partial charge in [-0.05, 0) is 19.4 Å². The quantitative estimate of drug-likeness (QED) is 0.835. The lowest BCUT2D eigenvalue weighted by molar-refractivity contribution is 0.103. The van der Waals surface area contributed by atoms with Crippen LogP contribution in [0.2, 0.25) is 0 Å². The van der Waals surface area contributed by atoms with Gasteiger partial charge in [0.15, 0.2) is 0 Å². The molecule has 18 heavy (non-hydrogen) atoms. The molecule has 0 spiro atoms. The fourth-order valence-corrected chi connectivity index (χ4v) is 2.61. The van der Waals surface area contributed by atoms with Gasteiger partial charge < -0.3 is 10.1 Å². The number of carbonyl (C=O) groups excluding carboxylic acids is 1. The maximum atomic E-state index is 12.3. The monoisotopic (exact) mass is 263 g/mol. The highest BCUT2D eigenvalue weighted by molar-refractivity contribution is 6.45. The molecule has 1 N–H and O–H groups in total. The summed E-state index contributed by atoms with van der Waals surface area (Å²) in [6.45, 7) is 4.02. The molecule has 0 bridgehead atoms. The second kappa shape index (κ2) is 4.11. The van der Waals surface area contributed by atoms with E-state index in [4.69, 9.17) is 16.3 Å². The van der Waals surface area contributed by atoms with Gasteiger partial charge in [0.25, 0.3) is 0 Å². The number of ether oxygens (including phenoxy) is 1. The largest absolute Gasteiger partial charge is 0.383 e. The SMILES string of the molecule is CC(C)NC1=C(Cl)C(=O)c2ccccc2C2OC12. The van der Waals surface area contributed by atoms with Crippen LogP contribution in [-0.4, -0.2) is 17.9 Å². The van der Waals surface area contributed by atoms with Crippen LogP contribution in [0.5, 0.6) is 0 Å². The zero-order chi connectivity index (χ0) is 12.9. The van der Waals surface area contributed by atoms with Crippen molar-refractivity contribution in [1.82, 2.24) is 5.32 Å². The van der Waals surface area contributed by atoms with Crippen LogP contribution in [0.25, 0.3) is 0 Å². The van der Waals surface area contributed by atoms with Crippen LogP contribution in [0.4, 0.5) is 0 Å². The molecule has 2 unspecified atom stereocenters. The molecule has 0 aromatic heterocycles. The smallest absolute Gasteiger partial charge is 0.206 e. The first-order valence-electron chi connectivity index (χ1n) is 6.05. The minimum atomic E-state index is -0.119. The maximum Gasteiger partial charge on any atom is 0.206 e. The van der Waals surface area contributed by atoms with Gasteiger partial charge in [-0.2, -0.15) is 0 Å². The second-order valence-electron chi connectivity index (χ2n) is 4.92. The fourth-order valence-electron chi connectivity index (χ4n) is 2.34. The zero-order valence-corrected chi connectivity index (χ0v) is 11.0. The molecular weight excluding hydrogens is 250 g/mol. The number of hydrogen-bond acceptors (Lipinski definition) is 3. The highest BCUT2D eigenvalue weighted by Crippen LogP contribution is 2.47. The number of fused-ring (bicyclic) bond motifs is 3. The predicted molar refractivity (Wildman–Crippen MR) is 69.5 cm³/mol. The number of epoxide rings is 1. The lowest BCUT2D eigenvalue weighted by atomic mass is 10.0. The van der Waals surface area contributed by atoms with E-state index in [-0.39, 0.29) is 29.1 Å². The first-order valence-corrected chi connectivity index (χ1v) is 6.42. The first-order chi connectivity index (χ1) is 8.59. The molecular formula is C14H14ClNO2. The molecule has 94 valence electrons. The Bertz CT molecular complexity index is 550. The summed E-state index contributed by atoms with van der Waals surface area (Å²) in [7, 11) is 0. The molecule has 1 fully saturated rings. The molecule has 2 aliphatic rings. The highest BCUT2D eigenvalue weighted by Gasteiger charge is 2.49. The number of carbonyl (C=O) groups is 1. The van der Waals surface area contributed by atoms with E-state index in [1.807, 2.05) is 32.0 Å². The van der Waals surface area contributed by atoms with Crippen LogP contribution < -0.4 is 5.32 Å². The van der Waals surface area contributed by atoms with Gasteiger partial charge in [0.05, 0.1) is 5.70 Å². The molecule has 2 atom stereocenters. The molecule has 4 heteroatoms. The van der Waals surface area contributed by atoms with E-state index < -0.39 is 0 Å². The third-order valence-corrected chi connectivity index (χ3v) is 3.54. The Morgan fingerprint density at radius 2 is 2.00 bits per heavy atom. The average Bonchev–Trinajstić information content (AvgIpc) is 3.13. The molecule has 3 rings (SSSR count). The van der Waals surface area contributed by atoms with Crippen LogP contribution in [0.3, 0.4) is 0 Å². The Balaban J connectivity index is 2.08. The van der Waals surface area contributed by atoms with Crippen molar-refractivity contribution in [3.63, 3.8) is 0 Å². The molecule has 0 saturated carbocycles. The molecule has 1 saturated heterocycles. The Morgan fingerprint density at radius 1 is 1.28 bits per heavy atom. The number of benzene rings is 1. The lowest BCUT2D eigenvalue weighted by Crippen LogP contribution is -2.26. The summed E-state index contributed by atoms with van der Waals surface area (Å²) in [6.07, 6.45) is -0.143. The van der Waals surface area contributed by atoms with Crippen molar-refractivity contribution in [2.45, 2.75) is 32.1 Å². The van der Waals surface area contributed by atoms with Gasteiger partial charge in [0.2, 0.25) is 5.78 Å². The van der Waals surface area contributed by atoms with E-state index in [2.05, 4.69) is 5.32 Å². The fraction of sp³-hybridized carbons (Fsp3) is 0.357. The Hall–Kier alpha value is -1.32. The summed E-state index contributed by atoms with van der Waals surface area (Å²) in [5.41, 5.74) is 2.31. The highest BCUT2D eigenvalue weighted by atomic mass is 35.5. The number of halogens is 1. The topological polar surface area (TPSA) is 41.6 Å². The molecule has 3 nitrogen and oxygen atoms in total. The van der Waals surface area contributed by atoms with Crippen LogP contribution in [-0.2, 0) is 4.74 Å². The third kappa shape index (κ3) is 1.74. The van der Waals surface area contributed by atoms with Gasteiger partial charge >= 0.3 is 0 Å². The van der Waals surface area contributed by atoms with Gasteiger partial charge in [-0.25, -0.2) is 0 Å². The summed E-state index contributed by atoms with van der Waals surface area (Å²) >= 11 is 6.22. The molecule has 0 amide bonds. The predicted octanol–water partition coefficient (Wildman–Crippen LogP) is 2.77. The molecule has 1 aromatic rings. The molecule has 1 aromatic carbocycles. The molecule has 1 heterocycles. The van der Waals surface area contributed by atoms with E-state index in [1.165, 1.54) is 0 Å². The summed E-state index contributed by atoms with van der Waals surface area (Å²) in [5, 5.41) is 3.48.